The van der Waals surface area contributed by atoms with Crippen LogP contribution in [0.15, 0.2) is 82.8 Å². The van der Waals surface area contributed by atoms with Crippen LogP contribution in [0.3, 0.4) is 0 Å². The van der Waals surface area contributed by atoms with Crippen molar-refractivity contribution in [2.75, 3.05) is 24.8 Å². The smallest absolute Gasteiger partial charge is 0.259 e. The molecule has 0 saturated carbocycles. The quantitative estimate of drug-likeness (QED) is 0.378. The summed E-state index contributed by atoms with van der Waals surface area (Å²) in [4.78, 5) is 49.7. The molecule has 2 aliphatic rings. The largest absolute Gasteiger partial charge is 0.496 e. The van der Waals surface area contributed by atoms with Gasteiger partial charge >= 0.3 is 0 Å². The second kappa shape index (κ2) is 12.7. The SMILES string of the molecule is CCOc1ccc(NC(=O)CSC2=Nc3ccccc3C3=N[C@@H](CC(=O)NCc4ccccc4OC)C(=O)N23)cc1. The fourth-order valence-corrected chi connectivity index (χ4v) is 5.25. The van der Waals surface area contributed by atoms with Crippen LogP contribution in [0, 0.1) is 0 Å². The summed E-state index contributed by atoms with van der Waals surface area (Å²) in [5.74, 6) is 0.916. The van der Waals surface area contributed by atoms with Gasteiger partial charge in [0.15, 0.2) is 5.17 Å². The molecule has 3 aromatic rings. The number of hydrogen-bond acceptors (Lipinski definition) is 8. The van der Waals surface area contributed by atoms with Gasteiger partial charge in [-0.15, -0.1) is 0 Å². The normalized spacial score (nSPS) is 15.3. The fraction of sp³-hybridized carbons (Fsp3) is 0.233. The first kappa shape index (κ1) is 27.9. The lowest BCUT2D eigenvalue weighted by molar-refractivity contribution is -0.128. The monoisotopic (exact) mass is 571 g/mol. The molecule has 0 radical (unpaired) electrons. The Bertz CT molecular complexity index is 1520. The molecule has 0 aliphatic carbocycles. The number of aliphatic imine (C=N–C) groups is 2. The molecule has 3 amide bonds. The number of anilines is 1. The predicted octanol–water partition coefficient (Wildman–Crippen LogP) is 4.13. The zero-order valence-corrected chi connectivity index (χ0v) is 23.4. The van der Waals surface area contributed by atoms with Crippen LogP contribution in [-0.4, -0.2) is 59.1 Å². The summed E-state index contributed by atoms with van der Waals surface area (Å²) in [7, 11) is 1.57. The highest BCUT2D eigenvalue weighted by molar-refractivity contribution is 8.14. The summed E-state index contributed by atoms with van der Waals surface area (Å²) in [6, 6.07) is 20.9. The third kappa shape index (κ3) is 6.41. The number of methoxy groups -OCH3 is 1. The van der Waals surface area contributed by atoms with Crippen LogP contribution in [0.5, 0.6) is 11.5 Å². The average molecular weight is 572 g/mol. The van der Waals surface area contributed by atoms with Gasteiger partial charge in [-0.1, -0.05) is 42.1 Å². The number of thioether (sulfide) groups is 1. The molecule has 0 unspecified atom stereocenters. The molecule has 5 rings (SSSR count). The lowest BCUT2D eigenvalue weighted by Crippen LogP contribution is -2.42. The van der Waals surface area contributed by atoms with E-state index < -0.39 is 6.04 Å². The molecule has 3 aromatic carbocycles. The van der Waals surface area contributed by atoms with E-state index in [-0.39, 0.29) is 36.4 Å². The zero-order chi connectivity index (χ0) is 28.8. The Labute approximate surface area is 241 Å². The van der Waals surface area contributed by atoms with Crippen LogP contribution < -0.4 is 20.1 Å². The van der Waals surface area contributed by atoms with Gasteiger partial charge in [0, 0.05) is 23.4 Å². The molecule has 2 aliphatic heterocycles. The third-order valence-corrected chi connectivity index (χ3v) is 7.32. The van der Waals surface area contributed by atoms with Gasteiger partial charge in [-0.2, -0.15) is 0 Å². The van der Waals surface area contributed by atoms with E-state index in [1.807, 2.05) is 55.5 Å². The predicted molar refractivity (Wildman–Crippen MR) is 159 cm³/mol. The summed E-state index contributed by atoms with van der Waals surface area (Å²) < 4.78 is 10.8. The highest BCUT2D eigenvalue weighted by Gasteiger charge is 2.42. The van der Waals surface area contributed by atoms with Crippen LogP contribution >= 0.6 is 11.8 Å². The molecule has 2 N–H and O–H groups in total. The molecule has 210 valence electrons. The van der Waals surface area contributed by atoms with E-state index in [0.29, 0.717) is 40.3 Å². The Morgan fingerprint density at radius 1 is 1.00 bits per heavy atom. The van der Waals surface area contributed by atoms with Crippen molar-refractivity contribution in [3.63, 3.8) is 0 Å². The number of benzene rings is 3. The van der Waals surface area contributed by atoms with Crippen molar-refractivity contribution in [1.29, 1.82) is 0 Å². The summed E-state index contributed by atoms with van der Waals surface area (Å²) in [5, 5.41) is 6.04. The number of ether oxygens (including phenoxy) is 2. The van der Waals surface area contributed by atoms with Crippen LogP contribution in [0.1, 0.15) is 24.5 Å². The molecule has 0 bridgehead atoms. The molecular formula is C30H29N5O5S. The lowest BCUT2D eigenvalue weighted by Gasteiger charge is -2.25. The number of amides is 3. The van der Waals surface area contributed by atoms with Crippen molar-refractivity contribution in [2.45, 2.75) is 25.9 Å². The number of nitrogens with zero attached hydrogens (tertiary/aromatic N) is 3. The Hall–Kier alpha value is -4.64. The number of carbonyl (C=O) groups is 3. The molecule has 10 nitrogen and oxygen atoms in total. The van der Waals surface area contributed by atoms with Crippen molar-refractivity contribution in [3.05, 3.63) is 83.9 Å². The van der Waals surface area contributed by atoms with E-state index >= 15 is 0 Å². The first-order chi connectivity index (χ1) is 20.0. The molecule has 11 heteroatoms. The van der Waals surface area contributed by atoms with Crippen molar-refractivity contribution in [2.24, 2.45) is 9.98 Å². The zero-order valence-electron chi connectivity index (χ0n) is 22.6. The summed E-state index contributed by atoms with van der Waals surface area (Å²) in [6.07, 6.45) is -0.119. The highest BCUT2D eigenvalue weighted by atomic mass is 32.2. The second-order valence-electron chi connectivity index (χ2n) is 9.14. The van der Waals surface area contributed by atoms with Crippen molar-refractivity contribution >= 4 is 51.9 Å². The topological polar surface area (TPSA) is 122 Å². The molecule has 41 heavy (non-hydrogen) atoms. The first-order valence-electron chi connectivity index (χ1n) is 13.1. The maximum absolute atomic E-state index is 13.5. The van der Waals surface area contributed by atoms with Crippen molar-refractivity contribution in [3.8, 4) is 11.5 Å². The van der Waals surface area contributed by atoms with Gasteiger partial charge in [-0.05, 0) is 49.4 Å². The molecule has 0 fully saturated rings. The van der Waals surface area contributed by atoms with E-state index in [9.17, 15) is 14.4 Å². The number of rotatable bonds is 10. The summed E-state index contributed by atoms with van der Waals surface area (Å²) in [6.45, 7) is 2.72. The van der Waals surface area contributed by atoms with Crippen molar-refractivity contribution in [1.82, 2.24) is 10.2 Å². The van der Waals surface area contributed by atoms with Gasteiger partial charge < -0.3 is 20.1 Å². The van der Waals surface area contributed by atoms with E-state index in [1.165, 1.54) is 4.90 Å². The van der Waals surface area contributed by atoms with E-state index in [0.717, 1.165) is 23.1 Å². The van der Waals surface area contributed by atoms with Crippen LogP contribution in [0.25, 0.3) is 0 Å². The minimum atomic E-state index is -0.905. The lowest BCUT2D eigenvalue weighted by atomic mass is 10.1. The molecule has 2 heterocycles. The van der Waals surface area contributed by atoms with Gasteiger partial charge in [0.05, 0.1) is 31.6 Å². The number of hydrogen-bond donors (Lipinski definition) is 2. The van der Waals surface area contributed by atoms with Gasteiger partial charge in [0.25, 0.3) is 5.91 Å². The van der Waals surface area contributed by atoms with Crippen LogP contribution in [-0.2, 0) is 20.9 Å². The number of para-hydroxylation sites is 2. The van der Waals surface area contributed by atoms with E-state index in [1.54, 1.807) is 31.4 Å². The first-order valence-corrected chi connectivity index (χ1v) is 14.1. The summed E-state index contributed by atoms with van der Waals surface area (Å²) >= 11 is 1.14. The minimum absolute atomic E-state index is 0.0231. The minimum Gasteiger partial charge on any atom is -0.496 e. The van der Waals surface area contributed by atoms with Crippen molar-refractivity contribution < 1.29 is 23.9 Å². The second-order valence-corrected chi connectivity index (χ2v) is 10.1. The van der Waals surface area contributed by atoms with Gasteiger partial charge in [-0.25, -0.2) is 9.89 Å². The number of carbonyl (C=O) groups excluding carboxylic acids is 3. The van der Waals surface area contributed by atoms with E-state index in [2.05, 4.69) is 20.6 Å². The standard InChI is InChI=1S/C30H29N5O5S/c1-3-40-21-14-12-20(13-15-21)32-27(37)18-41-30-34-23-10-6-5-9-22(23)28-33-24(29(38)35(28)30)16-26(36)31-17-19-8-4-7-11-25(19)39-2/h4-15,24H,3,16-18H2,1-2H3,(H,31,36)(H,32,37)/t24-/m0/s1. The number of amidine groups is 2. The Morgan fingerprint density at radius 2 is 1.76 bits per heavy atom. The summed E-state index contributed by atoms with van der Waals surface area (Å²) in [5.41, 5.74) is 2.80. The van der Waals surface area contributed by atoms with E-state index in [4.69, 9.17) is 9.47 Å². The molecular weight excluding hydrogens is 542 g/mol. The third-order valence-electron chi connectivity index (χ3n) is 6.38. The number of nitrogens with one attached hydrogen (secondary N) is 2. The van der Waals surface area contributed by atoms with Gasteiger partial charge in [0.2, 0.25) is 11.8 Å². The van der Waals surface area contributed by atoms with Gasteiger partial charge in [-0.3, -0.25) is 19.4 Å². The molecule has 0 spiro atoms. The molecule has 1 atom stereocenters. The Balaban J connectivity index is 1.25. The Morgan fingerprint density at radius 3 is 2.54 bits per heavy atom. The highest BCUT2D eigenvalue weighted by Crippen LogP contribution is 2.34. The number of fused-ring (bicyclic) bond motifs is 3. The van der Waals surface area contributed by atoms with Gasteiger partial charge in [0.1, 0.15) is 23.4 Å². The van der Waals surface area contributed by atoms with Crippen LogP contribution in [0.4, 0.5) is 11.4 Å². The maximum atomic E-state index is 13.5. The average Bonchev–Trinajstić information content (AvgIpc) is 3.32. The fourth-order valence-electron chi connectivity index (χ4n) is 4.45. The molecule has 0 saturated heterocycles. The maximum Gasteiger partial charge on any atom is 0.259 e. The molecule has 0 aromatic heterocycles. The van der Waals surface area contributed by atoms with Crippen LogP contribution in [0.2, 0.25) is 0 Å². The Kier molecular flexibility index (Phi) is 8.64.